The van der Waals surface area contributed by atoms with Crippen molar-refractivity contribution in [1.82, 2.24) is 19.9 Å². The monoisotopic (exact) mass is 368 g/mol. The lowest BCUT2D eigenvalue weighted by atomic mass is 9.94. The standard InChI is InChI=1S/C21H28N4O2/c1-27-18-11-7-8-16(14-18)20-12-5-6-13-24(20)21(26)19-15-25(23-22-19)17-9-3-2-4-10-17/h7-8,11,14-15,17,20H,2-6,9-10,12-13H2,1H3/t20-/m1/s1. The summed E-state index contributed by atoms with van der Waals surface area (Å²) in [6.07, 6.45) is 11.0. The number of hydrogen-bond donors (Lipinski definition) is 0. The summed E-state index contributed by atoms with van der Waals surface area (Å²) in [6, 6.07) is 8.51. The first-order valence-corrected chi connectivity index (χ1v) is 10.1. The molecule has 1 aromatic heterocycles. The maximum absolute atomic E-state index is 13.2. The SMILES string of the molecule is COc1cccc([C@H]2CCCCN2C(=O)c2cn(C3CCCCC3)nn2)c1. The Bertz CT molecular complexity index is 782. The first-order chi connectivity index (χ1) is 13.3. The van der Waals surface area contributed by atoms with Crippen LogP contribution in [0.1, 0.15) is 79.5 Å². The van der Waals surface area contributed by atoms with Gasteiger partial charge in [0.1, 0.15) is 5.75 Å². The Labute approximate surface area is 160 Å². The van der Waals surface area contributed by atoms with Gasteiger partial charge in [-0.3, -0.25) is 4.79 Å². The Balaban J connectivity index is 1.54. The van der Waals surface area contributed by atoms with Crippen LogP contribution in [0.2, 0.25) is 0 Å². The van der Waals surface area contributed by atoms with Gasteiger partial charge in [-0.25, -0.2) is 4.68 Å². The number of methoxy groups -OCH3 is 1. The molecule has 2 heterocycles. The number of carbonyl (C=O) groups is 1. The van der Waals surface area contributed by atoms with Crippen molar-refractivity contribution in [2.24, 2.45) is 0 Å². The Hall–Kier alpha value is -2.37. The highest BCUT2D eigenvalue weighted by molar-refractivity contribution is 5.92. The highest BCUT2D eigenvalue weighted by Gasteiger charge is 2.31. The minimum Gasteiger partial charge on any atom is -0.497 e. The van der Waals surface area contributed by atoms with E-state index in [0.717, 1.165) is 50.0 Å². The first kappa shape index (κ1) is 18.0. The van der Waals surface area contributed by atoms with E-state index < -0.39 is 0 Å². The predicted molar refractivity (Wildman–Crippen MR) is 103 cm³/mol. The molecule has 6 heteroatoms. The van der Waals surface area contributed by atoms with Gasteiger partial charge >= 0.3 is 0 Å². The average Bonchev–Trinajstić information content (AvgIpc) is 3.24. The number of nitrogens with zero attached hydrogens (tertiary/aromatic N) is 4. The average molecular weight is 368 g/mol. The molecule has 1 saturated heterocycles. The molecule has 2 aliphatic rings. The van der Waals surface area contributed by atoms with Gasteiger partial charge in [-0.05, 0) is 49.8 Å². The van der Waals surface area contributed by atoms with Crippen LogP contribution in [0.15, 0.2) is 30.5 Å². The fourth-order valence-corrected chi connectivity index (χ4v) is 4.42. The van der Waals surface area contributed by atoms with E-state index in [1.807, 2.05) is 34.0 Å². The predicted octanol–water partition coefficient (Wildman–Crippen LogP) is 4.16. The van der Waals surface area contributed by atoms with E-state index in [2.05, 4.69) is 16.4 Å². The maximum atomic E-state index is 13.2. The quantitative estimate of drug-likeness (QED) is 0.813. The van der Waals surface area contributed by atoms with Gasteiger partial charge in [0, 0.05) is 6.54 Å². The number of carbonyl (C=O) groups excluding carboxylic acids is 1. The topological polar surface area (TPSA) is 60.2 Å². The molecule has 144 valence electrons. The van der Waals surface area contributed by atoms with Gasteiger partial charge in [0.2, 0.25) is 0 Å². The van der Waals surface area contributed by atoms with Gasteiger partial charge in [-0.15, -0.1) is 5.10 Å². The third-order valence-corrected chi connectivity index (χ3v) is 5.92. The molecule has 27 heavy (non-hydrogen) atoms. The van der Waals surface area contributed by atoms with Gasteiger partial charge in [0.05, 0.1) is 25.4 Å². The van der Waals surface area contributed by atoms with Crippen LogP contribution in [-0.2, 0) is 0 Å². The van der Waals surface area contributed by atoms with E-state index >= 15 is 0 Å². The number of rotatable bonds is 4. The number of benzene rings is 1. The summed E-state index contributed by atoms with van der Waals surface area (Å²) in [5.41, 5.74) is 1.59. The van der Waals surface area contributed by atoms with Crippen LogP contribution in [0.25, 0.3) is 0 Å². The maximum Gasteiger partial charge on any atom is 0.276 e. The fraction of sp³-hybridized carbons (Fsp3) is 0.571. The van der Waals surface area contributed by atoms with E-state index in [0.29, 0.717) is 11.7 Å². The van der Waals surface area contributed by atoms with Crippen LogP contribution in [0.3, 0.4) is 0 Å². The van der Waals surface area contributed by atoms with Crippen LogP contribution < -0.4 is 4.74 Å². The highest BCUT2D eigenvalue weighted by atomic mass is 16.5. The Morgan fingerprint density at radius 1 is 1.11 bits per heavy atom. The van der Waals surface area contributed by atoms with Crippen molar-refractivity contribution >= 4 is 5.91 Å². The van der Waals surface area contributed by atoms with Gasteiger partial charge in [-0.1, -0.05) is 36.6 Å². The van der Waals surface area contributed by atoms with Crippen LogP contribution in [0.4, 0.5) is 0 Å². The Morgan fingerprint density at radius 3 is 2.74 bits per heavy atom. The van der Waals surface area contributed by atoms with E-state index in [4.69, 9.17) is 4.74 Å². The Morgan fingerprint density at radius 2 is 1.93 bits per heavy atom. The van der Waals surface area contributed by atoms with E-state index in [1.165, 1.54) is 19.3 Å². The second-order valence-corrected chi connectivity index (χ2v) is 7.66. The number of likely N-dealkylation sites (tertiary alicyclic amines) is 1. The third-order valence-electron chi connectivity index (χ3n) is 5.92. The van der Waals surface area contributed by atoms with E-state index in [1.54, 1.807) is 7.11 Å². The zero-order chi connectivity index (χ0) is 18.6. The van der Waals surface area contributed by atoms with E-state index in [9.17, 15) is 4.79 Å². The van der Waals surface area contributed by atoms with Crippen molar-refractivity contribution in [3.63, 3.8) is 0 Å². The summed E-state index contributed by atoms with van der Waals surface area (Å²) in [5, 5.41) is 8.51. The molecule has 0 unspecified atom stereocenters. The van der Waals surface area contributed by atoms with Crippen molar-refractivity contribution in [1.29, 1.82) is 0 Å². The summed E-state index contributed by atoms with van der Waals surface area (Å²) in [7, 11) is 1.67. The zero-order valence-electron chi connectivity index (χ0n) is 16.0. The molecule has 1 saturated carbocycles. The summed E-state index contributed by atoms with van der Waals surface area (Å²) in [6.45, 7) is 0.761. The van der Waals surface area contributed by atoms with Gasteiger partial charge in [0.15, 0.2) is 5.69 Å². The fourth-order valence-electron chi connectivity index (χ4n) is 4.42. The van der Waals surface area contributed by atoms with Gasteiger partial charge < -0.3 is 9.64 Å². The molecule has 6 nitrogen and oxygen atoms in total. The Kier molecular flexibility index (Phi) is 5.41. The number of ether oxygens (including phenoxy) is 1. The van der Waals surface area contributed by atoms with Gasteiger partial charge in [-0.2, -0.15) is 0 Å². The van der Waals surface area contributed by atoms with Crippen LogP contribution in [-0.4, -0.2) is 39.5 Å². The number of hydrogen-bond acceptors (Lipinski definition) is 4. The number of amides is 1. The third kappa shape index (κ3) is 3.84. The summed E-state index contributed by atoms with van der Waals surface area (Å²) in [5.74, 6) is 0.818. The lowest BCUT2D eigenvalue weighted by Crippen LogP contribution is -2.38. The lowest BCUT2D eigenvalue weighted by molar-refractivity contribution is 0.0605. The molecule has 1 atom stereocenters. The minimum absolute atomic E-state index is 0.00965. The van der Waals surface area contributed by atoms with E-state index in [-0.39, 0.29) is 11.9 Å². The number of aromatic nitrogens is 3. The van der Waals surface area contributed by atoms with Crippen molar-refractivity contribution in [2.75, 3.05) is 13.7 Å². The molecule has 0 N–H and O–H groups in total. The normalized spacial score (nSPS) is 21.2. The molecule has 0 radical (unpaired) electrons. The molecule has 4 rings (SSSR count). The van der Waals surface area contributed by atoms with Crippen LogP contribution in [0, 0.1) is 0 Å². The molecule has 2 aromatic rings. The highest BCUT2D eigenvalue weighted by Crippen LogP contribution is 2.34. The summed E-state index contributed by atoms with van der Waals surface area (Å²) < 4.78 is 7.28. The second-order valence-electron chi connectivity index (χ2n) is 7.66. The van der Waals surface area contributed by atoms with Gasteiger partial charge in [0.25, 0.3) is 5.91 Å². The molecular formula is C21H28N4O2. The lowest BCUT2D eigenvalue weighted by Gasteiger charge is -2.35. The molecule has 1 aromatic carbocycles. The van der Waals surface area contributed by atoms with Crippen LogP contribution >= 0.6 is 0 Å². The van der Waals surface area contributed by atoms with Crippen molar-refractivity contribution in [2.45, 2.75) is 63.5 Å². The molecular weight excluding hydrogens is 340 g/mol. The molecule has 1 amide bonds. The second kappa shape index (κ2) is 8.11. The van der Waals surface area contributed by atoms with Crippen LogP contribution in [0.5, 0.6) is 5.75 Å². The summed E-state index contributed by atoms with van der Waals surface area (Å²) in [4.78, 5) is 15.2. The largest absolute Gasteiger partial charge is 0.497 e. The molecule has 1 aliphatic heterocycles. The summed E-state index contributed by atoms with van der Waals surface area (Å²) >= 11 is 0. The molecule has 2 fully saturated rings. The van der Waals surface area contributed by atoms with Crippen molar-refractivity contribution in [3.05, 3.63) is 41.7 Å². The van der Waals surface area contributed by atoms with Crippen molar-refractivity contribution in [3.8, 4) is 5.75 Å². The smallest absolute Gasteiger partial charge is 0.276 e. The first-order valence-electron chi connectivity index (χ1n) is 10.1. The molecule has 1 aliphatic carbocycles. The number of piperidine rings is 1. The molecule has 0 bridgehead atoms. The van der Waals surface area contributed by atoms with Crippen molar-refractivity contribution < 1.29 is 9.53 Å². The molecule has 0 spiro atoms. The zero-order valence-corrected chi connectivity index (χ0v) is 16.0. The minimum atomic E-state index is -0.00965.